The fourth-order valence-corrected chi connectivity index (χ4v) is 3.05. The van der Waals surface area contributed by atoms with Crippen LogP contribution in [0.3, 0.4) is 0 Å². The van der Waals surface area contributed by atoms with Crippen LogP contribution < -0.4 is 10.6 Å². The quantitative estimate of drug-likeness (QED) is 0.867. The van der Waals surface area contributed by atoms with E-state index in [-0.39, 0.29) is 0 Å². The molecular weight excluding hydrogens is 256 g/mol. The van der Waals surface area contributed by atoms with Crippen molar-refractivity contribution in [3.05, 3.63) is 65.2 Å². The lowest BCUT2D eigenvalue weighted by Gasteiger charge is -2.14. The Hall–Kier alpha value is -1.80. The van der Waals surface area contributed by atoms with Gasteiger partial charge in [0.25, 0.3) is 0 Å². The van der Waals surface area contributed by atoms with E-state index in [0.29, 0.717) is 12.1 Å². The molecule has 2 nitrogen and oxygen atoms in total. The van der Waals surface area contributed by atoms with Crippen LogP contribution in [0, 0.1) is 0 Å². The zero-order chi connectivity index (χ0) is 14.7. The molecule has 2 aromatic carbocycles. The fourth-order valence-electron chi connectivity index (χ4n) is 3.05. The predicted molar refractivity (Wildman–Crippen MR) is 89.8 cm³/mol. The third-order valence-corrected chi connectivity index (χ3v) is 4.26. The molecule has 2 unspecified atom stereocenters. The van der Waals surface area contributed by atoms with Crippen molar-refractivity contribution in [1.82, 2.24) is 5.32 Å². The maximum Gasteiger partial charge on any atom is 0.0375 e. The lowest BCUT2D eigenvalue weighted by molar-refractivity contribution is 0.577. The minimum atomic E-state index is 0.405. The number of rotatable bonds is 5. The molecule has 110 valence electrons. The van der Waals surface area contributed by atoms with Gasteiger partial charge in [-0.15, -0.1) is 0 Å². The molecular formula is C19H24N2. The number of nitrogens with one attached hydrogen (secondary N) is 2. The highest BCUT2D eigenvalue weighted by Crippen LogP contribution is 2.26. The van der Waals surface area contributed by atoms with Gasteiger partial charge >= 0.3 is 0 Å². The Morgan fingerprint density at radius 2 is 2.00 bits per heavy atom. The van der Waals surface area contributed by atoms with Crippen LogP contribution in [0.2, 0.25) is 0 Å². The first-order chi connectivity index (χ1) is 10.2. The van der Waals surface area contributed by atoms with Gasteiger partial charge in [-0.05, 0) is 56.0 Å². The second kappa shape index (κ2) is 6.31. The number of benzene rings is 2. The standard InChI is InChI=1S/C19H24N2/c1-14-12-18-13-16(8-9-19(18)21-14)10-11-20-15(2)17-6-4-3-5-7-17/h3-9,13-15,20-21H,10-12H2,1-2H3. The van der Waals surface area contributed by atoms with Crippen molar-refractivity contribution >= 4 is 5.69 Å². The molecule has 1 heterocycles. The van der Waals surface area contributed by atoms with E-state index in [2.05, 4.69) is 73.0 Å². The molecule has 21 heavy (non-hydrogen) atoms. The van der Waals surface area contributed by atoms with E-state index >= 15 is 0 Å². The summed E-state index contributed by atoms with van der Waals surface area (Å²) < 4.78 is 0. The number of fused-ring (bicyclic) bond motifs is 1. The number of hydrogen-bond acceptors (Lipinski definition) is 2. The third kappa shape index (κ3) is 3.45. The molecule has 2 N–H and O–H groups in total. The minimum Gasteiger partial charge on any atom is -0.382 e. The van der Waals surface area contributed by atoms with Crippen molar-refractivity contribution in [2.24, 2.45) is 0 Å². The van der Waals surface area contributed by atoms with E-state index in [1.165, 1.54) is 22.4 Å². The lowest BCUT2D eigenvalue weighted by Crippen LogP contribution is -2.21. The SMILES string of the molecule is CC1Cc2cc(CCNC(C)c3ccccc3)ccc2N1. The lowest BCUT2D eigenvalue weighted by atomic mass is 10.0. The molecule has 0 radical (unpaired) electrons. The zero-order valence-corrected chi connectivity index (χ0v) is 12.9. The van der Waals surface area contributed by atoms with Crippen LogP contribution in [0.25, 0.3) is 0 Å². The molecule has 0 amide bonds. The summed E-state index contributed by atoms with van der Waals surface area (Å²) in [5, 5.41) is 7.11. The summed E-state index contributed by atoms with van der Waals surface area (Å²) in [6, 6.07) is 18.4. The Morgan fingerprint density at radius 1 is 1.19 bits per heavy atom. The third-order valence-electron chi connectivity index (χ3n) is 4.26. The van der Waals surface area contributed by atoms with Crippen molar-refractivity contribution in [2.45, 2.75) is 38.8 Å². The van der Waals surface area contributed by atoms with Crippen LogP contribution in [0.5, 0.6) is 0 Å². The topological polar surface area (TPSA) is 24.1 Å². The highest BCUT2D eigenvalue weighted by molar-refractivity contribution is 5.57. The molecule has 1 aliphatic heterocycles. The van der Waals surface area contributed by atoms with E-state index in [0.717, 1.165) is 19.4 Å². The van der Waals surface area contributed by atoms with Gasteiger partial charge in [-0.1, -0.05) is 42.5 Å². The first-order valence-electron chi connectivity index (χ1n) is 7.89. The predicted octanol–water partition coefficient (Wildman–Crippen LogP) is 3.94. The van der Waals surface area contributed by atoms with Crippen LogP contribution in [0.1, 0.15) is 36.6 Å². The Bertz CT molecular complexity index is 592. The summed E-state index contributed by atoms with van der Waals surface area (Å²) in [5.41, 5.74) is 5.56. The summed E-state index contributed by atoms with van der Waals surface area (Å²) in [6.45, 7) is 5.48. The van der Waals surface area contributed by atoms with Crippen molar-refractivity contribution in [3.63, 3.8) is 0 Å². The van der Waals surface area contributed by atoms with Crippen LogP contribution in [0.15, 0.2) is 48.5 Å². The van der Waals surface area contributed by atoms with Crippen molar-refractivity contribution in [1.29, 1.82) is 0 Å². The van der Waals surface area contributed by atoms with Gasteiger partial charge in [-0.3, -0.25) is 0 Å². The molecule has 2 aromatic rings. The molecule has 0 fully saturated rings. The van der Waals surface area contributed by atoms with Gasteiger partial charge in [0.05, 0.1) is 0 Å². The van der Waals surface area contributed by atoms with Gasteiger partial charge < -0.3 is 10.6 Å². The second-order valence-corrected chi connectivity index (χ2v) is 6.08. The van der Waals surface area contributed by atoms with Gasteiger partial charge in [0.2, 0.25) is 0 Å². The first-order valence-corrected chi connectivity index (χ1v) is 7.89. The average Bonchev–Trinajstić information content (AvgIpc) is 2.87. The van der Waals surface area contributed by atoms with E-state index in [9.17, 15) is 0 Å². The maximum absolute atomic E-state index is 3.61. The van der Waals surface area contributed by atoms with Crippen molar-refractivity contribution in [2.75, 3.05) is 11.9 Å². The first kappa shape index (κ1) is 14.2. The molecule has 3 rings (SSSR count). The van der Waals surface area contributed by atoms with E-state index in [1.54, 1.807) is 0 Å². The van der Waals surface area contributed by atoms with Gasteiger partial charge in [0, 0.05) is 17.8 Å². The van der Waals surface area contributed by atoms with Gasteiger partial charge in [0.1, 0.15) is 0 Å². The Labute approximate surface area is 127 Å². The van der Waals surface area contributed by atoms with Crippen molar-refractivity contribution < 1.29 is 0 Å². The molecule has 2 heteroatoms. The van der Waals surface area contributed by atoms with E-state index in [1.807, 2.05) is 0 Å². The fraction of sp³-hybridized carbons (Fsp3) is 0.368. The smallest absolute Gasteiger partial charge is 0.0375 e. The van der Waals surface area contributed by atoms with Crippen molar-refractivity contribution in [3.8, 4) is 0 Å². The summed E-state index contributed by atoms with van der Waals surface area (Å²) in [7, 11) is 0. The number of anilines is 1. The highest BCUT2D eigenvalue weighted by Gasteiger charge is 2.16. The maximum atomic E-state index is 3.61. The summed E-state index contributed by atoms with van der Waals surface area (Å²) >= 11 is 0. The largest absolute Gasteiger partial charge is 0.382 e. The van der Waals surface area contributed by atoms with E-state index < -0.39 is 0 Å². The van der Waals surface area contributed by atoms with Crippen LogP contribution in [-0.4, -0.2) is 12.6 Å². The summed E-state index contributed by atoms with van der Waals surface area (Å²) in [6.07, 6.45) is 2.23. The Kier molecular flexibility index (Phi) is 4.26. The van der Waals surface area contributed by atoms with E-state index in [4.69, 9.17) is 0 Å². The Balaban J connectivity index is 1.53. The molecule has 0 saturated carbocycles. The summed E-state index contributed by atoms with van der Waals surface area (Å²) in [5.74, 6) is 0. The summed E-state index contributed by atoms with van der Waals surface area (Å²) in [4.78, 5) is 0. The Morgan fingerprint density at radius 3 is 2.81 bits per heavy atom. The number of hydrogen-bond donors (Lipinski definition) is 2. The molecule has 2 atom stereocenters. The molecule has 0 aliphatic carbocycles. The average molecular weight is 280 g/mol. The van der Waals surface area contributed by atoms with Crippen LogP contribution >= 0.6 is 0 Å². The van der Waals surface area contributed by atoms with Gasteiger partial charge in [0.15, 0.2) is 0 Å². The molecule has 0 aromatic heterocycles. The molecule has 0 spiro atoms. The zero-order valence-electron chi connectivity index (χ0n) is 12.9. The normalized spacial score (nSPS) is 18.1. The van der Waals surface area contributed by atoms with Crippen LogP contribution in [0.4, 0.5) is 5.69 Å². The monoisotopic (exact) mass is 280 g/mol. The van der Waals surface area contributed by atoms with Gasteiger partial charge in [-0.2, -0.15) is 0 Å². The molecule has 0 saturated heterocycles. The molecule has 1 aliphatic rings. The minimum absolute atomic E-state index is 0.405. The van der Waals surface area contributed by atoms with Gasteiger partial charge in [-0.25, -0.2) is 0 Å². The highest BCUT2D eigenvalue weighted by atomic mass is 14.9. The second-order valence-electron chi connectivity index (χ2n) is 6.08. The van der Waals surface area contributed by atoms with Crippen LogP contribution in [-0.2, 0) is 12.8 Å². The molecule has 0 bridgehead atoms.